The molecule has 0 aromatic heterocycles. The molecule has 6 nitrogen and oxygen atoms in total. The predicted octanol–water partition coefficient (Wildman–Crippen LogP) is 6.32. The first-order chi connectivity index (χ1) is 15.9. The number of amides is 1. The molecule has 174 valence electrons. The molecular formula is C26H30NO5P. The van der Waals surface area contributed by atoms with Crippen LogP contribution in [0.3, 0.4) is 0 Å². The van der Waals surface area contributed by atoms with Crippen LogP contribution in [0.15, 0.2) is 91.0 Å². The fourth-order valence-corrected chi connectivity index (χ4v) is 5.21. The lowest BCUT2D eigenvalue weighted by atomic mass is 10.1. The smallest absolute Gasteiger partial charge is 0.408 e. The van der Waals surface area contributed by atoms with Gasteiger partial charge in [0.15, 0.2) is 0 Å². The van der Waals surface area contributed by atoms with Crippen molar-refractivity contribution in [3.8, 4) is 0 Å². The van der Waals surface area contributed by atoms with Crippen molar-refractivity contribution < 1.29 is 23.1 Å². The van der Waals surface area contributed by atoms with E-state index in [4.69, 9.17) is 13.8 Å². The van der Waals surface area contributed by atoms with Crippen LogP contribution in [-0.4, -0.2) is 18.0 Å². The van der Waals surface area contributed by atoms with E-state index in [0.717, 1.165) is 16.7 Å². The van der Waals surface area contributed by atoms with Crippen molar-refractivity contribution in [1.29, 1.82) is 0 Å². The van der Waals surface area contributed by atoms with Crippen LogP contribution >= 0.6 is 7.60 Å². The van der Waals surface area contributed by atoms with E-state index < -0.39 is 19.5 Å². The highest BCUT2D eigenvalue weighted by Crippen LogP contribution is 2.54. The van der Waals surface area contributed by atoms with Crippen molar-refractivity contribution >= 4 is 13.7 Å². The SMILES string of the molecule is CC(C)OP(=O)(OCc1ccccc1)C(Cc1ccccc1)NC(=O)OCc1ccccc1. The number of rotatable bonds is 11. The monoisotopic (exact) mass is 467 g/mol. The second-order valence-corrected chi connectivity index (χ2v) is 10.0. The zero-order valence-electron chi connectivity index (χ0n) is 18.9. The molecule has 0 radical (unpaired) electrons. The highest BCUT2D eigenvalue weighted by molar-refractivity contribution is 7.54. The van der Waals surface area contributed by atoms with Gasteiger partial charge in [-0.1, -0.05) is 91.0 Å². The summed E-state index contributed by atoms with van der Waals surface area (Å²) in [6.45, 7) is 3.76. The van der Waals surface area contributed by atoms with Gasteiger partial charge in [-0.15, -0.1) is 0 Å². The third-order valence-corrected chi connectivity index (χ3v) is 7.04. The Kier molecular flexibility index (Phi) is 9.25. The second-order valence-electron chi connectivity index (χ2n) is 7.86. The molecule has 3 aromatic carbocycles. The lowest BCUT2D eigenvalue weighted by molar-refractivity contribution is 0.128. The van der Waals surface area contributed by atoms with Crippen LogP contribution in [0.2, 0.25) is 0 Å². The standard InChI is InChI=1S/C26H30NO5P/c1-21(2)32-33(29,31-20-24-16-10-5-11-17-24)25(18-22-12-6-3-7-13-22)27-26(28)30-19-23-14-8-4-9-15-23/h3-17,21,25H,18-20H2,1-2H3,(H,27,28). The zero-order valence-corrected chi connectivity index (χ0v) is 19.8. The maximum Gasteiger partial charge on any atom is 0.408 e. The molecule has 0 fully saturated rings. The molecule has 0 aliphatic heterocycles. The molecule has 3 aromatic rings. The number of nitrogens with one attached hydrogen (secondary N) is 1. The van der Waals surface area contributed by atoms with Crippen LogP contribution < -0.4 is 5.32 Å². The molecule has 2 atom stereocenters. The fraction of sp³-hybridized carbons (Fsp3) is 0.269. The molecule has 2 unspecified atom stereocenters. The minimum Gasteiger partial charge on any atom is -0.445 e. The Balaban J connectivity index is 1.78. The molecule has 1 amide bonds. The van der Waals surface area contributed by atoms with Gasteiger partial charge >= 0.3 is 13.7 Å². The maximum absolute atomic E-state index is 14.0. The first-order valence-corrected chi connectivity index (χ1v) is 12.5. The summed E-state index contributed by atoms with van der Waals surface area (Å²) in [6, 6.07) is 28.3. The number of carbonyl (C=O) groups excluding carboxylic acids is 1. The topological polar surface area (TPSA) is 73.9 Å². The normalized spacial score (nSPS) is 13.8. The predicted molar refractivity (Wildman–Crippen MR) is 129 cm³/mol. The van der Waals surface area contributed by atoms with Crippen molar-refractivity contribution in [1.82, 2.24) is 5.32 Å². The third kappa shape index (κ3) is 8.17. The van der Waals surface area contributed by atoms with Gasteiger partial charge in [-0.05, 0) is 30.5 Å². The number of benzene rings is 3. The second kappa shape index (κ2) is 12.4. The van der Waals surface area contributed by atoms with Crippen LogP contribution in [0, 0.1) is 0 Å². The number of ether oxygens (including phenoxy) is 1. The fourth-order valence-electron chi connectivity index (χ4n) is 3.21. The largest absolute Gasteiger partial charge is 0.445 e. The van der Waals surface area contributed by atoms with E-state index in [9.17, 15) is 9.36 Å². The lowest BCUT2D eigenvalue weighted by Crippen LogP contribution is -2.38. The summed E-state index contributed by atoms with van der Waals surface area (Å²) >= 11 is 0. The summed E-state index contributed by atoms with van der Waals surface area (Å²) in [4.78, 5) is 12.7. The average Bonchev–Trinajstić information content (AvgIpc) is 2.83. The molecule has 3 rings (SSSR count). The first-order valence-electron chi connectivity index (χ1n) is 10.9. The molecule has 0 aliphatic carbocycles. The van der Waals surface area contributed by atoms with Gasteiger partial charge in [0.25, 0.3) is 0 Å². The van der Waals surface area contributed by atoms with Gasteiger partial charge in [-0.25, -0.2) is 4.79 Å². The van der Waals surface area contributed by atoms with Gasteiger partial charge in [0, 0.05) is 6.42 Å². The number of carbonyl (C=O) groups is 1. The molecule has 1 N–H and O–H groups in total. The average molecular weight is 468 g/mol. The Morgan fingerprint density at radius 2 is 1.27 bits per heavy atom. The molecule has 33 heavy (non-hydrogen) atoms. The van der Waals surface area contributed by atoms with Crippen LogP contribution in [0.4, 0.5) is 4.79 Å². The van der Waals surface area contributed by atoms with Crippen LogP contribution in [0.25, 0.3) is 0 Å². The van der Waals surface area contributed by atoms with Crippen LogP contribution in [-0.2, 0) is 38.0 Å². The Bertz CT molecular complexity index is 1030. The van der Waals surface area contributed by atoms with E-state index in [-0.39, 0.29) is 25.7 Å². The van der Waals surface area contributed by atoms with Crippen molar-refractivity contribution in [3.05, 3.63) is 108 Å². The molecule has 0 spiro atoms. The maximum atomic E-state index is 14.0. The van der Waals surface area contributed by atoms with Gasteiger partial charge in [0.05, 0.1) is 12.7 Å². The lowest BCUT2D eigenvalue weighted by Gasteiger charge is -2.29. The Morgan fingerprint density at radius 3 is 1.79 bits per heavy atom. The molecule has 0 saturated heterocycles. The summed E-state index contributed by atoms with van der Waals surface area (Å²) in [5, 5.41) is 2.74. The van der Waals surface area contributed by atoms with E-state index in [1.807, 2.05) is 91.0 Å². The molecule has 0 aliphatic rings. The molecular weight excluding hydrogens is 437 g/mol. The van der Waals surface area contributed by atoms with Gasteiger partial charge in [0.1, 0.15) is 12.4 Å². The Morgan fingerprint density at radius 1 is 0.788 bits per heavy atom. The zero-order chi connectivity index (χ0) is 23.5. The van der Waals surface area contributed by atoms with Gasteiger partial charge in [-0.2, -0.15) is 0 Å². The number of alkyl carbamates (subject to hydrolysis) is 1. The summed E-state index contributed by atoms with van der Waals surface area (Å²) in [7, 11) is -3.78. The van der Waals surface area contributed by atoms with E-state index in [1.54, 1.807) is 13.8 Å². The van der Waals surface area contributed by atoms with Gasteiger partial charge in [-0.3, -0.25) is 4.57 Å². The van der Waals surface area contributed by atoms with E-state index in [1.165, 1.54) is 0 Å². The van der Waals surface area contributed by atoms with Crippen molar-refractivity contribution in [2.24, 2.45) is 0 Å². The highest BCUT2D eigenvalue weighted by Gasteiger charge is 2.39. The van der Waals surface area contributed by atoms with Crippen LogP contribution in [0.1, 0.15) is 30.5 Å². The Hall–Kier alpha value is -2.92. The molecule has 0 saturated carbocycles. The summed E-state index contributed by atoms with van der Waals surface area (Å²) in [5.41, 5.74) is 2.60. The van der Waals surface area contributed by atoms with Gasteiger partial charge in [0.2, 0.25) is 0 Å². The van der Waals surface area contributed by atoms with Crippen molar-refractivity contribution in [2.45, 2.75) is 45.4 Å². The third-order valence-electron chi connectivity index (χ3n) is 4.76. The molecule has 0 bridgehead atoms. The Labute approximate surface area is 195 Å². The minimum absolute atomic E-state index is 0.0941. The van der Waals surface area contributed by atoms with Crippen molar-refractivity contribution in [2.75, 3.05) is 0 Å². The van der Waals surface area contributed by atoms with Crippen LogP contribution in [0.5, 0.6) is 0 Å². The molecule has 0 heterocycles. The number of hydrogen-bond acceptors (Lipinski definition) is 5. The summed E-state index contributed by atoms with van der Waals surface area (Å²) in [6.07, 6.45) is -0.789. The van der Waals surface area contributed by atoms with E-state index >= 15 is 0 Å². The minimum atomic E-state index is -3.78. The van der Waals surface area contributed by atoms with Gasteiger partial charge < -0.3 is 19.1 Å². The van der Waals surface area contributed by atoms with Crippen molar-refractivity contribution in [3.63, 3.8) is 0 Å². The van der Waals surface area contributed by atoms with E-state index in [2.05, 4.69) is 5.32 Å². The quantitative estimate of drug-likeness (QED) is 0.334. The number of hydrogen-bond donors (Lipinski definition) is 1. The summed E-state index contributed by atoms with van der Waals surface area (Å²) in [5.74, 6) is -0.922. The first kappa shape index (κ1) is 24.7. The molecule has 7 heteroatoms. The van der Waals surface area contributed by atoms with E-state index in [0.29, 0.717) is 0 Å². The summed E-state index contributed by atoms with van der Waals surface area (Å²) < 4.78 is 31.1. The highest BCUT2D eigenvalue weighted by atomic mass is 31.2.